The van der Waals surface area contributed by atoms with Gasteiger partial charge in [-0.05, 0) is 62.2 Å². The van der Waals surface area contributed by atoms with Crippen molar-refractivity contribution >= 4 is 0 Å². The highest BCUT2D eigenvalue weighted by Gasteiger charge is 2.49. The van der Waals surface area contributed by atoms with E-state index in [4.69, 9.17) is 4.74 Å². The Bertz CT molecular complexity index is 688. The van der Waals surface area contributed by atoms with Gasteiger partial charge < -0.3 is 4.74 Å². The number of likely N-dealkylation sites (tertiary alicyclic amines) is 2. The lowest BCUT2D eigenvalue weighted by Crippen LogP contribution is -2.71. The lowest BCUT2D eigenvalue weighted by atomic mass is 9.75. The van der Waals surface area contributed by atoms with Crippen molar-refractivity contribution in [1.29, 1.82) is 0 Å². The van der Waals surface area contributed by atoms with Crippen LogP contribution in [0.2, 0.25) is 0 Å². The molecule has 26 heavy (non-hydrogen) atoms. The lowest BCUT2D eigenvalue weighted by molar-refractivity contribution is -0.0939. The zero-order chi connectivity index (χ0) is 17.8. The van der Waals surface area contributed by atoms with Crippen LogP contribution in [-0.2, 0) is 17.9 Å². The van der Waals surface area contributed by atoms with Gasteiger partial charge in [-0.25, -0.2) is 0 Å². The quantitative estimate of drug-likeness (QED) is 0.799. The van der Waals surface area contributed by atoms with E-state index in [9.17, 15) is 0 Å². The maximum absolute atomic E-state index is 6.01. The first-order chi connectivity index (χ1) is 12.7. The first-order valence-electron chi connectivity index (χ1n) is 9.54. The smallest absolute Gasteiger partial charge is 0.0718 e. The van der Waals surface area contributed by atoms with Gasteiger partial charge in [0.2, 0.25) is 0 Å². The molecule has 2 aromatic rings. The zero-order valence-corrected chi connectivity index (χ0v) is 15.6. The van der Waals surface area contributed by atoms with Crippen LogP contribution in [0.5, 0.6) is 0 Å². The van der Waals surface area contributed by atoms with Crippen LogP contribution >= 0.6 is 0 Å². The molecule has 0 saturated carbocycles. The number of hydrogen-bond acceptors (Lipinski definition) is 5. The molecule has 2 aliphatic rings. The number of likely N-dealkylation sites (N-methyl/N-ethyl adjacent to an activating group) is 1. The van der Waals surface area contributed by atoms with E-state index in [1.807, 2.05) is 36.8 Å². The second-order valence-corrected chi connectivity index (χ2v) is 7.84. The molecular weight excluding hydrogens is 324 g/mol. The lowest BCUT2D eigenvalue weighted by Gasteiger charge is -2.58. The van der Waals surface area contributed by atoms with Crippen molar-refractivity contribution < 1.29 is 4.74 Å². The third kappa shape index (κ3) is 3.95. The van der Waals surface area contributed by atoms with Gasteiger partial charge in [0.25, 0.3) is 0 Å². The summed E-state index contributed by atoms with van der Waals surface area (Å²) in [4.78, 5) is 13.6. The third-order valence-electron chi connectivity index (χ3n) is 5.87. The van der Waals surface area contributed by atoms with Crippen molar-refractivity contribution in [1.82, 2.24) is 19.8 Å². The van der Waals surface area contributed by atoms with Gasteiger partial charge in [-0.2, -0.15) is 0 Å². The van der Waals surface area contributed by atoms with E-state index in [-0.39, 0.29) is 0 Å². The monoisotopic (exact) mass is 352 g/mol. The molecule has 2 saturated heterocycles. The first-order valence-corrected chi connectivity index (χ1v) is 9.54. The van der Waals surface area contributed by atoms with E-state index in [0.717, 1.165) is 31.9 Å². The molecule has 0 radical (unpaired) electrons. The maximum atomic E-state index is 6.01. The summed E-state index contributed by atoms with van der Waals surface area (Å²) in [5.74, 6) is 0.657. The Morgan fingerprint density at radius 3 is 2.77 bits per heavy atom. The molecule has 138 valence electrons. The van der Waals surface area contributed by atoms with Gasteiger partial charge in [0, 0.05) is 50.4 Å². The topological polar surface area (TPSA) is 41.5 Å². The summed E-state index contributed by atoms with van der Waals surface area (Å²) in [5.41, 5.74) is 2.70. The van der Waals surface area contributed by atoms with Gasteiger partial charge in [-0.15, -0.1) is 0 Å². The van der Waals surface area contributed by atoms with Crippen LogP contribution < -0.4 is 0 Å². The van der Waals surface area contributed by atoms with E-state index in [1.54, 1.807) is 0 Å². The Morgan fingerprint density at radius 2 is 2.00 bits per heavy atom. The molecule has 0 bridgehead atoms. The predicted octanol–water partition coefficient (Wildman–Crippen LogP) is 2.59. The fourth-order valence-corrected chi connectivity index (χ4v) is 4.36. The van der Waals surface area contributed by atoms with Crippen molar-refractivity contribution in [3.63, 3.8) is 0 Å². The average molecular weight is 352 g/mol. The molecule has 2 aliphatic heterocycles. The summed E-state index contributed by atoms with van der Waals surface area (Å²) in [7, 11) is 2.28. The van der Waals surface area contributed by atoms with E-state index >= 15 is 0 Å². The van der Waals surface area contributed by atoms with Gasteiger partial charge >= 0.3 is 0 Å². The van der Waals surface area contributed by atoms with Gasteiger partial charge in [0.05, 0.1) is 12.3 Å². The second kappa shape index (κ2) is 7.82. The van der Waals surface area contributed by atoms with Crippen molar-refractivity contribution in [3.05, 3.63) is 60.2 Å². The molecule has 2 aromatic heterocycles. The highest BCUT2D eigenvalue weighted by molar-refractivity contribution is 5.10. The molecular formula is C21H28N4O. The number of pyridine rings is 2. The number of rotatable bonds is 6. The molecule has 5 heteroatoms. The summed E-state index contributed by atoms with van der Waals surface area (Å²) in [6, 6.07) is 10.2. The largest absolute Gasteiger partial charge is 0.376 e. The Hall–Kier alpha value is -1.82. The van der Waals surface area contributed by atoms with Crippen molar-refractivity contribution in [2.75, 3.05) is 33.3 Å². The summed E-state index contributed by atoms with van der Waals surface area (Å²) in [5, 5.41) is 0. The minimum absolute atomic E-state index is 0.331. The Morgan fingerprint density at radius 1 is 1.15 bits per heavy atom. The number of ether oxygens (including phenoxy) is 1. The minimum atomic E-state index is 0.331. The van der Waals surface area contributed by atoms with Crippen molar-refractivity contribution in [2.45, 2.75) is 31.5 Å². The molecule has 5 nitrogen and oxygen atoms in total. The van der Waals surface area contributed by atoms with E-state index in [0.29, 0.717) is 18.1 Å². The molecule has 2 fully saturated rings. The normalized spacial score (nSPS) is 23.0. The van der Waals surface area contributed by atoms with Crippen molar-refractivity contribution in [2.24, 2.45) is 5.92 Å². The van der Waals surface area contributed by atoms with Crippen LogP contribution in [0.3, 0.4) is 0 Å². The average Bonchev–Trinajstić information content (AvgIpc) is 2.65. The summed E-state index contributed by atoms with van der Waals surface area (Å²) >= 11 is 0. The fraction of sp³-hybridized carbons (Fsp3) is 0.524. The molecule has 1 atom stereocenters. The Kier molecular flexibility index (Phi) is 5.29. The number of hydrogen-bond donors (Lipinski definition) is 0. The highest BCUT2D eigenvalue weighted by Crippen LogP contribution is 2.38. The molecule has 0 N–H and O–H groups in total. The fourth-order valence-electron chi connectivity index (χ4n) is 4.36. The van der Waals surface area contributed by atoms with E-state index < -0.39 is 0 Å². The molecule has 0 unspecified atom stereocenters. The molecule has 0 aromatic carbocycles. The molecule has 0 amide bonds. The number of piperidine rings is 1. The maximum Gasteiger partial charge on any atom is 0.0718 e. The number of aromatic nitrogens is 2. The van der Waals surface area contributed by atoms with Crippen LogP contribution in [0.25, 0.3) is 0 Å². The third-order valence-corrected chi connectivity index (χ3v) is 5.87. The van der Waals surface area contributed by atoms with Gasteiger partial charge in [-0.1, -0.05) is 6.07 Å². The van der Waals surface area contributed by atoms with Crippen LogP contribution in [0.1, 0.15) is 24.1 Å². The minimum Gasteiger partial charge on any atom is -0.376 e. The zero-order valence-electron chi connectivity index (χ0n) is 15.6. The van der Waals surface area contributed by atoms with Gasteiger partial charge in [-0.3, -0.25) is 19.8 Å². The van der Waals surface area contributed by atoms with Crippen LogP contribution in [0.4, 0.5) is 0 Å². The Labute approximate surface area is 156 Å². The van der Waals surface area contributed by atoms with E-state index in [2.05, 4.69) is 38.9 Å². The number of nitrogens with zero attached hydrogens (tertiary/aromatic N) is 4. The highest BCUT2D eigenvalue weighted by atomic mass is 16.5. The Balaban J connectivity index is 1.26. The van der Waals surface area contributed by atoms with Crippen molar-refractivity contribution in [3.8, 4) is 0 Å². The van der Waals surface area contributed by atoms with E-state index in [1.165, 1.54) is 24.9 Å². The van der Waals surface area contributed by atoms with Crippen LogP contribution in [0, 0.1) is 5.92 Å². The standard InChI is InChI=1S/C21H28N4O/c1-24-11-7-19(15-26-14-18-5-9-22-10-6-18)12-21(24)16-25(17-21)13-20-4-2-3-8-23-20/h2-6,8-10,19H,7,11-17H2,1H3/t19-/m0/s1. The summed E-state index contributed by atoms with van der Waals surface area (Å²) in [6.07, 6.45) is 8.00. The van der Waals surface area contributed by atoms with Crippen LogP contribution in [-0.4, -0.2) is 58.6 Å². The van der Waals surface area contributed by atoms with Gasteiger partial charge in [0.1, 0.15) is 0 Å². The SMILES string of the molecule is CN1CC[C@H](COCc2ccncc2)CC12CN(Cc1ccccn1)C2. The molecule has 0 aliphatic carbocycles. The van der Waals surface area contributed by atoms with Crippen LogP contribution in [0.15, 0.2) is 48.9 Å². The molecule has 1 spiro atoms. The van der Waals surface area contributed by atoms with Gasteiger partial charge in [0.15, 0.2) is 0 Å². The predicted molar refractivity (Wildman–Crippen MR) is 101 cm³/mol. The second-order valence-electron chi connectivity index (χ2n) is 7.84. The molecule has 4 heterocycles. The summed E-state index contributed by atoms with van der Waals surface area (Å²) in [6.45, 7) is 5.95. The first kappa shape index (κ1) is 17.6. The summed E-state index contributed by atoms with van der Waals surface area (Å²) < 4.78 is 6.01. The molecule has 4 rings (SSSR count).